The van der Waals surface area contributed by atoms with Gasteiger partial charge in [0.05, 0.1) is 34.0 Å². The number of halogens is 1. The van der Waals surface area contributed by atoms with Crippen LogP contribution in [0.2, 0.25) is 0 Å². The largest absolute Gasteiger partial charge is 0.493 e. The molecule has 1 aliphatic rings. The van der Waals surface area contributed by atoms with Crippen molar-refractivity contribution in [2.45, 2.75) is 32.4 Å². The Kier molecular flexibility index (Phi) is 8.26. The molecule has 7 nitrogen and oxygen atoms in total. The summed E-state index contributed by atoms with van der Waals surface area (Å²) in [5.41, 5.74) is 2.95. The molecule has 0 fully saturated rings. The van der Waals surface area contributed by atoms with Gasteiger partial charge in [-0.1, -0.05) is 22.9 Å². The molecule has 1 amide bonds. The number of ether oxygens (including phenoxy) is 4. The summed E-state index contributed by atoms with van der Waals surface area (Å²) in [7, 11) is 6.40. The Morgan fingerprint density at radius 3 is 2.25 bits per heavy atom. The Morgan fingerprint density at radius 1 is 1.00 bits per heavy atom. The van der Waals surface area contributed by atoms with Crippen LogP contribution in [-0.4, -0.2) is 58.4 Å². The molecule has 1 N–H and O–H groups in total. The first-order chi connectivity index (χ1) is 15.4. The lowest BCUT2D eigenvalue weighted by Gasteiger charge is -2.35. The van der Waals surface area contributed by atoms with Crippen LogP contribution in [0.1, 0.15) is 34.8 Å². The second-order valence-electron chi connectivity index (χ2n) is 7.66. The van der Waals surface area contributed by atoms with Crippen LogP contribution < -0.4 is 24.3 Å². The van der Waals surface area contributed by atoms with E-state index >= 15 is 0 Å². The summed E-state index contributed by atoms with van der Waals surface area (Å²) in [5.74, 6) is 2.25. The molecule has 0 saturated carbocycles. The minimum absolute atomic E-state index is 0.191. The van der Waals surface area contributed by atoms with Gasteiger partial charge in [-0.3, -0.25) is 9.69 Å². The van der Waals surface area contributed by atoms with E-state index < -0.39 is 0 Å². The molecule has 1 atom stereocenters. The van der Waals surface area contributed by atoms with E-state index in [-0.39, 0.29) is 11.9 Å². The summed E-state index contributed by atoms with van der Waals surface area (Å²) in [6.45, 7) is 4.41. The summed E-state index contributed by atoms with van der Waals surface area (Å²) in [5, 5.41) is 3.08. The molecular weight excluding hydrogens is 476 g/mol. The van der Waals surface area contributed by atoms with Gasteiger partial charge in [0.2, 0.25) is 0 Å². The zero-order valence-corrected chi connectivity index (χ0v) is 20.9. The normalized spacial score (nSPS) is 14.3. The highest BCUT2D eigenvalue weighted by atomic mass is 79.9. The van der Waals surface area contributed by atoms with Crippen molar-refractivity contribution in [3.63, 3.8) is 0 Å². The Bertz CT molecular complexity index is 966. The smallest absolute Gasteiger partial charge is 0.255 e. The van der Waals surface area contributed by atoms with E-state index in [1.54, 1.807) is 33.5 Å². The zero-order chi connectivity index (χ0) is 23.3. The van der Waals surface area contributed by atoms with E-state index in [1.807, 2.05) is 0 Å². The lowest BCUT2D eigenvalue weighted by Crippen LogP contribution is -2.45. The van der Waals surface area contributed by atoms with Gasteiger partial charge in [-0.25, -0.2) is 0 Å². The average molecular weight is 507 g/mol. The number of nitrogens with one attached hydrogen (secondary N) is 1. The third kappa shape index (κ3) is 5.13. The van der Waals surface area contributed by atoms with Crippen molar-refractivity contribution in [1.82, 2.24) is 10.2 Å². The quantitative estimate of drug-likeness (QED) is 0.553. The van der Waals surface area contributed by atoms with Crippen molar-refractivity contribution in [2.75, 3.05) is 41.5 Å². The summed E-state index contributed by atoms with van der Waals surface area (Å²) in [4.78, 5) is 15.4. The number of methoxy groups -OCH3 is 4. The Hall–Kier alpha value is -2.45. The number of hydrogen-bond acceptors (Lipinski definition) is 6. The maximum absolute atomic E-state index is 13.0. The van der Waals surface area contributed by atoms with Gasteiger partial charge in [0.25, 0.3) is 5.91 Å². The van der Waals surface area contributed by atoms with Gasteiger partial charge in [-0.05, 0) is 48.2 Å². The first-order valence-electron chi connectivity index (χ1n) is 10.6. The van der Waals surface area contributed by atoms with Gasteiger partial charge < -0.3 is 24.3 Å². The van der Waals surface area contributed by atoms with Crippen molar-refractivity contribution >= 4 is 21.8 Å². The number of amides is 1. The molecule has 32 heavy (non-hydrogen) atoms. The molecule has 1 heterocycles. The number of carbonyl (C=O) groups excluding carboxylic acids is 1. The molecule has 2 aromatic rings. The molecule has 0 aliphatic carbocycles. The van der Waals surface area contributed by atoms with Crippen LogP contribution in [0.3, 0.4) is 0 Å². The summed E-state index contributed by atoms with van der Waals surface area (Å²) in [6.07, 6.45) is 1.85. The molecular formula is C24H31BrN2O5. The minimum Gasteiger partial charge on any atom is -0.493 e. The maximum Gasteiger partial charge on any atom is 0.255 e. The van der Waals surface area contributed by atoms with Crippen LogP contribution in [0, 0.1) is 0 Å². The third-order valence-corrected chi connectivity index (χ3v) is 6.38. The second-order valence-corrected chi connectivity index (χ2v) is 8.57. The average Bonchev–Trinajstić information content (AvgIpc) is 2.82. The fourth-order valence-corrected chi connectivity index (χ4v) is 4.59. The number of rotatable bonds is 9. The van der Waals surface area contributed by atoms with Gasteiger partial charge in [0, 0.05) is 30.1 Å². The SMILES string of the molecule is CCC(CNC(=O)c1cc(Br)cc(OC)c1OC)N1CCc2cc(OC)c(OC)cc2C1. The molecule has 0 spiro atoms. The van der Waals surface area contributed by atoms with Crippen molar-refractivity contribution in [2.24, 2.45) is 0 Å². The van der Waals surface area contributed by atoms with E-state index in [0.717, 1.165) is 41.9 Å². The van der Waals surface area contributed by atoms with E-state index in [1.165, 1.54) is 18.2 Å². The molecule has 8 heteroatoms. The maximum atomic E-state index is 13.0. The summed E-state index contributed by atoms with van der Waals surface area (Å²) >= 11 is 3.44. The fraction of sp³-hybridized carbons (Fsp3) is 0.458. The fourth-order valence-electron chi connectivity index (χ4n) is 4.15. The molecule has 174 valence electrons. The van der Waals surface area contributed by atoms with Gasteiger partial charge in [-0.15, -0.1) is 0 Å². The van der Waals surface area contributed by atoms with Crippen LogP contribution in [-0.2, 0) is 13.0 Å². The van der Waals surface area contributed by atoms with E-state index in [2.05, 4.69) is 45.2 Å². The third-order valence-electron chi connectivity index (χ3n) is 5.92. The van der Waals surface area contributed by atoms with Crippen LogP contribution in [0.5, 0.6) is 23.0 Å². The van der Waals surface area contributed by atoms with Crippen molar-refractivity contribution in [3.8, 4) is 23.0 Å². The van der Waals surface area contributed by atoms with E-state index in [4.69, 9.17) is 18.9 Å². The first kappa shape index (κ1) is 24.2. The highest BCUT2D eigenvalue weighted by molar-refractivity contribution is 9.10. The van der Waals surface area contributed by atoms with Crippen LogP contribution >= 0.6 is 15.9 Å². The molecule has 0 saturated heterocycles. The van der Waals surface area contributed by atoms with Gasteiger partial charge in [-0.2, -0.15) is 0 Å². The molecule has 2 aromatic carbocycles. The van der Waals surface area contributed by atoms with Crippen LogP contribution in [0.25, 0.3) is 0 Å². The minimum atomic E-state index is -0.191. The van der Waals surface area contributed by atoms with Gasteiger partial charge in [0.1, 0.15) is 0 Å². The Morgan fingerprint density at radius 2 is 1.66 bits per heavy atom. The number of nitrogens with zero attached hydrogens (tertiary/aromatic N) is 1. The highest BCUT2D eigenvalue weighted by Crippen LogP contribution is 2.35. The molecule has 0 radical (unpaired) electrons. The van der Waals surface area contributed by atoms with Crippen molar-refractivity contribution < 1.29 is 23.7 Å². The van der Waals surface area contributed by atoms with Gasteiger partial charge >= 0.3 is 0 Å². The zero-order valence-electron chi connectivity index (χ0n) is 19.3. The van der Waals surface area contributed by atoms with E-state index in [9.17, 15) is 4.79 Å². The van der Waals surface area contributed by atoms with Gasteiger partial charge in [0.15, 0.2) is 23.0 Å². The number of hydrogen-bond donors (Lipinski definition) is 1. The van der Waals surface area contributed by atoms with Crippen molar-refractivity contribution in [3.05, 3.63) is 45.4 Å². The number of fused-ring (bicyclic) bond motifs is 1. The predicted octanol–water partition coefficient (Wildman–Crippen LogP) is 4.05. The summed E-state index contributed by atoms with van der Waals surface area (Å²) in [6, 6.07) is 7.86. The van der Waals surface area contributed by atoms with Crippen LogP contribution in [0.4, 0.5) is 0 Å². The molecule has 3 rings (SSSR count). The van der Waals surface area contributed by atoms with Crippen molar-refractivity contribution in [1.29, 1.82) is 0 Å². The molecule has 1 unspecified atom stereocenters. The monoisotopic (exact) mass is 506 g/mol. The first-order valence-corrected chi connectivity index (χ1v) is 11.4. The second kappa shape index (κ2) is 10.9. The molecule has 0 aromatic heterocycles. The standard InChI is InChI=1S/C24H31BrN2O5/c1-6-18(13-26-24(28)19-11-17(25)12-22(31-4)23(19)32-5)27-8-7-15-9-20(29-2)21(30-3)10-16(15)14-27/h9-12,18H,6-8,13-14H2,1-5H3,(H,26,28). The Labute approximate surface area is 198 Å². The Balaban J connectivity index is 1.72. The topological polar surface area (TPSA) is 69.3 Å². The van der Waals surface area contributed by atoms with E-state index in [0.29, 0.717) is 23.6 Å². The summed E-state index contributed by atoms with van der Waals surface area (Å²) < 4.78 is 22.5. The number of benzene rings is 2. The molecule has 1 aliphatic heterocycles. The number of carbonyl (C=O) groups is 1. The predicted molar refractivity (Wildman–Crippen MR) is 127 cm³/mol. The lowest BCUT2D eigenvalue weighted by molar-refractivity contribution is 0.0922. The molecule has 0 bridgehead atoms. The van der Waals surface area contributed by atoms with Crippen LogP contribution in [0.15, 0.2) is 28.7 Å². The highest BCUT2D eigenvalue weighted by Gasteiger charge is 2.25. The lowest BCUT2D eigenvalue weighted by atomic mass is 9.97.